The summed E-state index contributed by atoms with van der Waals surface area (Å²) >= 11 is 0. The fraction of sp³-hybridized carbons (Fsp3) is 0.933. The second kappa shape index (κ2) is 8.54. The molecule has 0 aromatic carbocycles. The Morgan fingerprint density at radius 2 is 1.95 bits per heavy atom. The van der Waals surface area contributed by atoms with Crippen molar-refractivity contribution in [3.05, 3.63) is 0 Å². The van der Waals surface area contributed by atoms with Gasteiger partial charge in [-0.15, -0.1) is 0 Å². The van der Waals surface area contributed by atoms with Crippen LogP contribution in [0.2, 0.25) is 0 Å². The molecule has 2 fully saturated rings. The van der Waals surface area contributed by atoms with Crippen LogP contribution in [0.15, 0.2) is 0 Å². The number of carbonyl (C=O) groups excluding carboxylic acids is 1. The Labute approximate surface area is 117 Å². The molecule has 4 nitrogen and oxygen atoms in total. The molecule has 2 aliphatic rings. The average molecular weight is 267 g/mol. The summed E-state index contributed by atoms with van der Waals surface area (Å²) in [5.74, 6) is 1.15. The van der Waals surface area contributed by atoms with Crippen molar-refractivity contribution in [3.63, 3.8) is 0 Å². The number of rotatable bonds is 7. The predicted molar refractivity (Wildman–Crippen MR) is 78.1 cm³/mol. The molecular formula is C15H29N3O. The van der Waals surface area contributed by atoms with Gasteiger partial charge in [-0.1, -0.05) is 25.7 Å². The van der Waals surface area contributed by atoms with Gasteiger partial charge in [0.1, 0.15) is 0 Å². The Bertz CT molecular complexity index is 258. The third kappa shape index (κ3) is 5.91. The molecule has 0 bridgehead atoms. The maximum Gasteiger partial charge on any atom is 0.220 e. The van der Waals surface area contributed by atoms with Gasteiger partial charge < -0.3 is 10.6 Å². The van der Waals surface area contributed by atoms with Gasteiger partial charge in [0, 0.05) is 45.7 Å². The Balaban J connectivity index is 1.44. The van der Waals surface area contributed by atoms with Crippen LogP contribution in [0, 0.1) is 5.92 Å². The van der Waals surface area contributed by atoms with E-state index in [-0.39, 0.29) is 5.91 Å². The topological polar surface area (TPSA) is 44.4 Å². The molecule has 1 aliphatic heterocycles. The van der Waals surface area contributed by atoms with E-state index in [9.17, 15) is 4.79 Å². The highest BCUT2D eigenvalue weighted by Gasteiger charge is 2.15. The van der Waals surface area contributed by atoms with Gasteiger partial charge in [0.25, 0.3) is 0 Å². The Morgan fingerprint density at radius 1 is 1.21 bits per heavy atom. The average Bonchev–Trinajstić information content (AvgIpc) is 2.93. The van der Waals surface area contributed by atoms with Gasteiger partial charge in [0.15, 0.2) is 0 Å². The second-order valence-electron chi connectivity index (χ2n) is 5.98. The first kappa shape index (κ1) is 14.8. The van der Waals surface area contributed by atoms with E-state index in [1.54, 1.807) is 0 Å². The van der Waals surface area contributed by atoms with E-state index >= 15 is 0 Å². The van der Waals surface area contributed by atoms with E-state index in [0.29, 0.717) is 0 Å². The van der Waals surface area contributed by atoms with Gasteiger partial charge in [-0.25, -0.2) is 0 Å². The number of hydrogen-bond donors (Lipinski definition) is 2. The van der Waals surface area contributed by atoms with Gasteiger partial charge in [-0.05, 0) is 18.8 Å². The van der Waals surface area contributed by atoms with E-state index in [1.807, 2.05) is 0 Å². The summed E-state index contributed by atoms with van der Waals surface area (Å²) in [4.78, 5) is 14.1. The van der Waals surface area contributed by atoms with Crippen molar-refractivity contribution >= 4 is 5.91 Å². The largest absolute Gasteiger partial charge is 0.355 e. The first-order chi connectivity index (χ1) is 9.34. The fourth-order valence-electron chi connectivity index (χ4n) is 3.23. The van der Waals surface area contributed by atoms with Crippen molar-refractivity contribution in [1.29, 1.82) is 0 Å². The Morgan fingerprint density at radius 3 is 2.68 bits per heavy atom. The number of nitrogens with one attached hydrogen (secondary N) is 2. The van der Waals surface area contributed by atoms with Gasteiger partial charge in [0.05, 0.1) is 0 Å². The number of nitrogens with zero attached hydrogens (tertiary/aromatic N) is 1. The Hall–Kier alpha value is -0.610. The fourth-order valence-corrected chi connectivity index (χ4v) is 3.23. The highest BCUT2D eigenvalue weighted by Crippen LogP contribution is 2.28. The second-order valence-corrected chi connectivity index (χ2v) is 5.98. The highest BCUT2D eigenvalue weighted by molar-refractivity contribution is 5.75. The zero-order chi connectivity index (χ0) is 13.3. The summed E-state index contributed by atoms with van der Waals surface area (Å²) < 4.78 is 0. The molecule has 0 spiro atoms. The highest BCUT2D eigenvalue weighted by atomic mass is 16.1. The number of carbonyl (C=O) groups is 1. The quantitative estimate of drug-likeness (QED) is 0.732. The molecule has 19 heavy (non-hydrogen) atoms. The van der Waals surface area contributed by atoms with Crippen molar-refractivity contribution < 1.29 is 4.79 Å². The van der Waals surface area contributed by atoms with E-state index in [2.05, 4.69) is 15.5 Å². The van der Waals surface area contributed by atoms with Crippen LogP contribution >= 0.6 is 0 Å². The molecule has 2 N–H and O–H groups in total. The summed E-state index contributed by atoms with van der Waals surface area (Å²) in [6.45, 7) is 6.18. The van der Waals surface area contributed by atoms with Crippen LogP contribution in [0.25, 0.3) is 0 Å². The normalized spacial score (nSPS) is 21.7. The van der Waals surface area contributed by atoms with Gasteiger partial charge in [-0.3, -0.25) is 9.69 Å². The molecule has 1 saturated heterocycles. The summed E-state index contributed by atoms with van der Waals surface area (Å²) in [5.41, 5.74) is 0. The lowest BCUT2D eigenvalue weighted by Crippen LogP contribution is -2.46. The van der Waals surface area contributed by atoms with Crippen molar-refractivity contribution in [2.75, 3.05) is 39.3 Å². The van der Waals surface area contributed by atoms with E-state index in [4.69, 9.17) is 0 Å². The lowest BCUT2D eigenvalue weighted by molar-refractivity contribution is -0.121. The van der Waals surface area contributed by atoms with Crippen LogP contribution in [-0.4, -0.2) is 50.1 Å². The minimum absolute atomic E-state index is 0.244. The first-order valence-corrected chi connectivity index (χ1v) is 8.04. The molecule has 1 saturated carbocycles. The predicted octanol–water partition coefficient (Wildman–Crippen LogP) is 1.37. The third-order valence-corrected chi connectivity index (χ3v) is 4.45. The van der Waals surface area contributed by atoms with Crippen LogP contribution in [0.4, 0.5) is 0 Å². The minimum Gasteiger partial charge on any atom is -0.355 e. The number of piperazine rings is 1. The maximum atomic E-state index is 11.7. The Kier molecular flexibility index (Phi) is 6.65. The van der Waals surface area contributed by atoms with E-state index < -0.39 is 0 Å². The minimum atomic E-state index is 0.244. The molecule has 0 radical (unpaired) electrons. The van der Waals surface area contributed by atoms with Gasteiger partial charge >= 0.3 is 0 Å². The molecule has 4 heteroatoms. The van der Waals surface area contributed by atoms with Crippen LogP contribution in [-0.2, 0) is 4.79 Å². The lowest BCUT2D eigenvalue weighted by atomic mass is 10.0. The van der Waals surface area contributed by atoms with Crippen molar-refractivity contribution in [2.24, 2.45) is 5.92 Å². The number of amides is 1. The van der Waals surface area contributed by atoms with E-state index in [0.717, 1.165) is 58.0 Å². The van der Waals surface area contributed by atoms with Crippen molar-refractivity contribution in [3.8, 4) is 0 Å². The molecular weight excluding hydrogens is 238 g/mol. The third-order valence-electron chi connectivity index (χ3n) is 4.45. The summed E-state index contributed by atoms with van der Waals surface area (Å²) in [6, 6.07) is 0. The standard InChI is InChI=1S/C15H29N3O/c19-15(7-3-6-14-4-1-2-5-14)17-10-13-18-11-8-16-9-12-18/h14,16H,1-13H2,(H,17,19). The summed E-state index contributed by atoms with van der Waals surface area (Å²) in [7, 11) is 0. The van der Waals surface area contributed by atoms with Crippen molar-refractivity contribution in [1.82, 2.24) is 15.5 Å². The zero-order valence-electron chi connectivity index (χ0n) is 12.1. The zero-order valence-corrected chi connectivity index (χ0v) is 12.1. The summed E-state index contributed by atoms with van der Waals surface area (Å²) in [6.07, 6.45) is 8.64. The molecule has 1 aliphatic carbocycles. The smallest absolute Gasteiger partial charge is 0.220 e. The van der Waals surface area contributed by atoms with E-state index in [1.165, 1.54) is 32.1 Å². The van der Waals surface area contributed by atoms with Crippen LogP contribution in [0.3, 0.4) is 0 Å². The van der Waals surface area contributed by atoms with Crippen molar-refractivity contribution in [2.45, 2.75) is 44.9 Å². The summed E-state index contributed by atoms with van der Waals surface area (Å²) in [5, 5.41) is 6.39. The SMILES string of the molecule is O=C(CCCC1CCCC1)NCCN1CCNCC1. The monoisotopic (exact) mass is 267 g/mol. The molecule has 0 atom stereocenters. The number of hydrogen-bond acceptors (Lipinski definition) is 3. The molecule has 1 amide bonds. The molecule has 2 rings (SSSR count). The first-order valence-electron chi connectivity index (χ1n) is 8.04. The van der Waals surface area contributed by atoms with Crippen LogP contribution < -0.4 is 10.6 Å². The molecule has 110 valence electrons. The lowest BCUT2D eigenvalue weighted by Gasteiger charge is -2.27. The van der Waals surface area contributed by atoms with Crippen LogP contribution in [0.5, 0.6) is 0 Å². The van der Waals surface area contributed by atoms with Gasteiger partial charge in [-0.2, -0.15) is 0 Å². The van der Waals surface area contributed by atoms with Crippen LogP contribution in [0.1, 0.15) is 44.9 Å². The molecule has 0 unspecified atom stereocenters. The van der Waals surface area contributed by atoms with Gasteiger partial charge in [0.2, 0.25) is 5.91 Å². The molecule has 1 heterocycles. The molecule has 0 aromatic heterocycles. The molecule has 0 aromatic rings. The maximum absolute atomic E-state index is 11.7.